The molecule has 1 aromatic carbocycles. The Bertz CT molecular complexity index is 470. The number of anilines is 1. The number of H-pyrrole nitrogens is 1. The number of carbonyl (C=O) groups is 1. The Morgan fingerprint density at radius 3 is 2.44 bits per heavy atom. The van der Waals surface area contributed by atoms with Gasteiger partial charge in [0.15, 0.2) is 0 Å². The van der Waals surface area contributed by atoms with Gasteiger partial charge in [-0.3, -0.25) is 4.79 Å². The maximum atomic E-state index is 10.8. The molecule has 4 N–H and O–H groups in total. The van der Waals surface area contributed by atoms with Gasteiger partial charge in [-0.05, 0) is 24.3 Å². The van der Waals surface area contributed by atoms with Crippen molar-refractivity contribution in [1.82, 2.24) is 9.97 Å². The normalized spacial score (nSPS) is 8.89. The monoisotopic (exact) mass is 288 g/mol. The number of aromatic amines is 1. The van der Waals surface area contributed by atoms with E-state index in [0.29, 0.717) is 12.1 Å². The van der Waals surface area contributed by atoms with Gasteiger partial charge in [0.25, 0.3) is 0 Å². The fraction of sp³-hybridized carbons (Fsp3) is 0.0909. The molecule has 98 valence electrons. The molecule has 1 amide bonds. The molecule has 0 aliphatic rings. The Kier molecular flexibility index (Phi) is 6.85. The second-order valence-electron chi connectivity index (χ2n) is 3.37. The van der Waals surface area contributed by atoms with Gasteiger partial charge in [-0.15, -0.1) is 24.8 Å². The van der Waals surface area contributed by atoms with E-state index in [-0.39, 0.29) is 24.8 Å². The number of nitrogens with zero attached hydrogens (tertiary/aromatic N) is 1. The minimum absolute atomic E-state index is 0. The van der Waals surface area contributed by atoms with Gasteiger partial charge in [0.05, 0.1) is 18.6 Å². The Morgan fingerprint density at radius 2 is 1.94 bits per heavy atom. The summed E-state index contributed by atoms with van der Waals surface area (Å²) in [6, 6.07) is 7.02. The molecule has 2 aromatic rings. The van der Waals surface area contributed by atoms with Crippen molar-refractivity contribution in [2.45, 2.75) is 6.54 Å². The lowest BCUT2D eigenvalue weighted by Gasteiger charge is -2.04. The fourth-order valence-electron chi connectivity index (χ4n) is 1.33. The number of carbonyl (C=O) groups excluding carboxylic acids is 1. The van der Waals surface area contributed by atoms with Crippen LogP contribution >= 0.6 is 24.8 Å². The molecule has 1 aromatic heterocycles. The fourth-order valence-corrected chi connectivity index (χ4v) is 1.33. The van der Waals surface area contributed by atoms with E-state index in [9.17, 15) is 4.79 Å². The zero-order chi connectivity index (χ0) is 11.4. The highest BCUT2D eigenvalue weighted by molar-refractivity contribution is 5.93. The Balaban J connectivity index is 0.00000144. The van der Waals surface area contributed by atoms with Gasteiger partial charge >= 0.3 is 0 Å². The molecule has 0 atom stereocenters. The summed E-state index contributed by atoms with van der Waals surface area (Å²) in [5.74, 6) is -0.417. The van der Waals surface area contributed by atoms with Crippen molar-refractivity contribution in [3.05, 3.63) is 48.0 Å². The Hall–Kier alpha value is -1.72. The molecule has 0 unspecified atom stereocenters. The Labute approximate surface area is 117 Å². The third-order valence-electron chi connectivity index (χ3n) is 2.21. The number of nitrogens with one attached hydrogen (secondary N) is 2. The number of amides is 1. The molecule has 0 saturated carbocycles. The quantitative estimate of drug-likeness (QED) is 0.804. The first-order valence-electron chi connectivity index (χ1n) is 4.87. The topological polar surface area (TPSA) is 83.8 Å². The van der Waals surface area contributed by atoms with Crippen molar-refractivity contribution in [3.8, 4) is 0 Å². The average molecular weight is 289 g/mol. The van der Waals surface area contributed by atoms with Crippen LogP contribution < -0.4 is 11.1 Å². The zero-order valence-corrected chi connectivity index (χ0v) is 11.1. The summed E-state index contributed by atoms with van der Waals surface area (Å²) < 4.78 is 0. The number of aromatic nitrogens is 2. The number of hydrogen-bond acceptors (Lipinski definition) is 3. The average Bonchev–Trinajstić information content (AvgIpc) is 2.80. The smallest absolute Gasteiger partial charge is 0.248 e. The molecule has 2 rings (SSSR count). The molecule has 0 aliphatic heterocycles. The zero-order valence-electron chi connectivity index (χ0n) is 9.42. The number of hydrogen-bond donors (Lipinski definition) is 3. The van der Waals surface area contributed by atoms with Crippen LogP contribution in [0.2, 0.25) is 0 Å². The molecule has 0 spiro atoms. The standard InChI is InChI=1S/C11H12N4O.2ClH/c12-11(16)8-1-3-9(4-2-8)14-6-10-5-13-7-15-10;;/h1-5,7,14H,6H2,(H2,12,16)(H,13,15);2*1H. The van der Waals surface area contributed by atoms with Crippen LogP contribution in [0.4, 0.5) is 5.69 Å². The number of nitrogens with two attached hydrogens (primary N) is 1. The summed E-state index contributed by atoms with van der Waals surface area (Å²) in [5, 5.41) is 3.19. The molecule has 0 fully saturated rings. The summed E-state index contributed by atoms with van der Waals surface area (Å²) in [6.07, 6.45) is 3.39. The van der Waals surface area contributed by atoms with Crippen molar-refractivity contribution >= 4 is 36.4 Å². The minimum Gasteiger partial charge on any atom is -0.379 e. The van der Waals surface area contributed by atoms with Gasteiger partial charge in [0, 0.05) is 17.4 Å². The maximum Gasteiger partial charge on any atom is 0.248 e. The van der Waals surface area contributed by atoms with Gasteiger partial charge in [-0.25, -0.2) is 4.98 Å². The summed E-state index contributed by atoms with van der Waals surface area (Å²) in [5.41, 5.74) is 7.58. The molecule has 18 heavy (non-hydrogen) atoms. The van der Waals surface area contributed by atoms with Crippen LogP contribution in [0, 0.1) is 0 Å². The highest BCUT2D eigenvalue weighted by atomic mass is 35.5. The second-order valence-corrected chi connectivity index (χ2v) is 3.37. The highest BCUT2D eigenvalue weighted by Crippen LogP contribution is 2.10. The van der Waals surface area contributed by atoms with E-state index in [4.69, 9.17) is 5.73 Å². The van der Waals surface area contributed by atoms with Crippen LogP contribution in [0.1, 0.15) is 16.1 Å². The molecular formula is C11H14Cl2N4O. The molecular weight excluding hydrogens is 275 g/mol. The van der Waals surface area contributed by atoms with Gasteiger partial charge in [-0.1, -0.05) is 0 Å². The lowest BCUT2D eigenvalue weighted by Crippen LogP contribution is -2.10. The maximum absolute atomic E-state index is 10.8. The van der Waals surface area contributed by atoms with Crippen molar-refractivity contribution in [2.75, 3.05) is 5.32 Å². The van der Waals surface area contributed by atoms with Gasteiger partial charge in [0.2, 0.25) is 5.91 Å². The number of benzene rings is 1. The predicted molar refractivity (Wildman–Crippen MR) is 75.4 cm³/mol. The van der Waals surface area contributed by atoms with Crippen molar-refractivity contribution in [3.63, 3.8) is 0 Å². The van der Waals surface area contributed by atoms with E-state index >= 15 is 0 Å². The molecule has 7 heteroatoms. The van der Waals surface area contributed by atoms with Crippen LogP contribution in [-0.4, -0.2) is 15.9 Å². The third-order valence-corrected chi connectivity index (χ3v) is 2.21. The molecule has 0 aliphatic carbocycles. The van der Waals surface area contributed by atoms with E-state index in [0.717, 1.165) is 11.4 Å². The predicted octanol–water partition coefficient (Wildman–Crippen LogP) is 1.96. The van der Waals surface area contributed by atoms with E-state index in [1.54, 1.807) is 24.7 Å². The largest absolute Gasteiger partial charge is 0.379 e. The lowest BCUT2D eigenvalue weighted by molar-refractivity contribution is 0.100. The van der Waals surface area contributed by atoms with E-state index in [1.807, 2.05) is 12.1 Å². The van der Waals surface area contributed by atoms with Crippen LogP contribution in [0.25, 0.3) is 0 Å². The third kappa shape index (κ3) is 4.27. The second kappa shape index (κ2) is 7.58. The first-order valence-corrected chi connectivity index (χ1v) is 4.87. The lowest BCUT2D eigenvalue weighted by atomic mass is 10.2. The number of rotatable bonds is 4. The molecule has 0 bridgehead atoms. The van der Waals surface area contributed by atoms with Crippen molar-refractivity contribution < 1.29 is 4.79 Å². The van der Waals surface area contributed by atoms with Crippen LogP contribution in [0.5, 0.6) is 0 Å². The molecule has 5 nitrogen and oxygen atoms in total. The minimum atomic E-state index is -0.417. The Morgan fingerprint density at radius 1 is 1.28 bits per heavy atom. The van der Waals surface area contributed by atoms with Gasteiger partial charge in [-0.2, -0.15) is 0 Å². The van der Waals surface area contributed by atoms with Crippen LogP contribution in [0.3, 0.4) is 0 Å². The first-order chi connectivity index (χ1) is 7.75. The number of halogens is 2. The van der Waals surface area contributed by atoms with E-state index in [1.165, 1.54) is 0 Å². The first kappa shape index (κ1) is 16.3. The summed E-state index contributed by atoms with van der Waals surface area (Å²) in [6.45, 7) is 0.663. The van der Waals surface area contributed by atoms with Crippen molar-refractivity contribution in [1.29, 1.82) is 0 Å². The van der Waals surface area contributed by atoms with E-state index < -0.39 is 5.91 Å². The summed E-state index contributed by atoms with van der Waals surface area (Å²) >= 11 is 0. The van der Waals surface area contributed by atoms with Gasteiger partial charge < -0.3 is 16.0 Å². The molecule has 1 heterocycles. The summed E-state index contributed by atoms with van der Waals surface area (Å²) in [7, 11) is 0. The number of imidazole rings is 1. The molecule has 0 radical (unpaired) electrons. The SMILES string of the molecule is Cl.Cl.NC(=O)c1ccc(NCc2cnc[nH]2)cc1. The molecule has 0 saturated heterocycles. The van der Waals surface area contributed by atoms with Gasteiger partial charge in [0.1, 0.15) is 0 Å². The van der Waals surface area contributed by atoms with E-state index in [2.05, 4.69) is 15.3 Å². The van der Waals surface area contributed by atoms with Crippen molar-refractivity contribution in [2.24, 2.45) is 5.73 Å². The highest BCUT2D eigenvalue weighted by Gasteiger charge is 1.99. The summed E-state index contributed by atoms with van der Waals surface area (Å²) in [4.78, 5) is 17.7. The van der Waals surface area contributed by atoms with Crippen LogP contribution in [0.15, 0.2) is 36.8 Å². The van der Waals surface area contributed by atoms with Crippen LogP contribution in [-0.2, 0) is 6.54 Å². The number of primary amides is 1.